The normalized spacial score (nSPS) is 7.81. The molecule has 0 saturated carbocycles. The van der Waals surface area contributed by atoms with Gasteiger partial charge in [0.2, 0.25) is 0 Å². The predicted molar refractivity (Wildman–Crippen MR) is 94.7 cm³/mol. The number of Topliss-reactive ketones (excluding diaryl/α,β-unsaturated/α-hetero) is 1. The molecule has 0 aromatic carbocycles. The first-order chi connectivity index (χ1) is 11.8. The molecule has 0 heterocycles. The van der Waals surface area contributed by atoms with E-state index in [9.17, 15) is 24.0 Å². The number of carboxylic acids is 4. The summed E-state index contributed by atoms with van der Waals surface area (Å²) in [5.41, 5.74) is -0.321. The number of carbonyl (C=O) groups is 5. The van der Waals surface area contributed by atoms with Gasteiger partial charge in [-0.1, -0.05) is 40.2 Å². The molecule has 0 aliphatic rings. The van der Waals surface area contributed by atoms with E-state index < -0.39 is 23.9 Å². The average molecular weight is 372 g/mol. The van der Waals surface area contributed by atoms with Gasteiger partial charge in [0.05, 0.1) is 5.57 Å². The van der Waals surface area contributed by atoms with E-state index in [0.29, 0.717) is 0 Å². The molecule has 0 aromatic heterocycles. The summed E-state index contributed by atoms with van der Waals surface area (Å²) in [4.78, 5) is 48.9. The van der Waals surface area contributed by atoms with Gasteiger partial charge in [-0.15, -0.1) is 0 Å². The van der Waals surface area contributed by atoms with Gasteiger partial charge in [-0.2, -0.15) is 0 Å². The summed E-state index contributed by atoms with van der Waals surface area (Å²) in [6.45, 7) is 15.7. The lowest BCUT2D eigenvalue weighted by molar-refractivity contribution is -0.135. The van der Waals surface area contributed by atoms with Crippen molar-refractivity contribution in [1.82, 2.24) is 0 Å². The van der Waals surface area contributed by atoms with Gasteiger partial charge in [0.1, 0.15) is 0 Å². The number of hydrogen-bond donors (Lipinski definition) is 4. The maximum Gasteiger partial charge on any atom is 0.338 e. The molecule has 146 valence electrons. The minimum absolute atomic E-state index is 0.179. The molecule has 0 aliphatic carbocycles. The van der Waals surface area contributed by atoms with Crippen LogP contribution in [-0.4, -0.2) is 50.1 Å². The van der Waals surface area contributed by atoms with Crippen LogP contribution in [0.15, 0.2) is 50.1 Å². The van der Waals surface area contributed by atoms with Crippen LogP contribution in [0.5, 0.6) is 0 Å². The predicted octanol–water partition coefficient (Wildman–Crippen LogP) is 2.01. The third kappa shape index (κ3) is 37.1. The lowest BCUT2D eigenvalue weighted by Gasteiger charge is -2.01. The maximum atomic E-state index is 10.9. The SMILES string of the molecule is C=C(C(=O)O)C(=O)CC(C)C.C=CC(=O)O.C=CC(=O)O.C=CC(=O)O. The Hall–Kier alpha value is -3.49. The van der Waals surface area contributed by atoms with E-state index in [1.807, 2.05) is 13.8 Å². The third-order valence-electron chi connectivity index (χ3n) is 1.71. The number of rotatable bonds is 7. The topological polar surface area (TPSA) is 166 Å². The third-order valence-corrected chi connectivity index (χ3v) is 1.71. The zero-order valence-electron chi connectivity index (χ0n) is 14.7. The van der Waals surface area contributed by atoms with Gasteiger partial charge in [-0.25, -0.2) is 19.2 Å². The van der Waals surface area contributed by atoms with Crippen molar-refractivity contribution in [2.45, 2.75) is 20.3 Å². The Labute approximate surface area is 151 Å². The van der Waals surface area contributed by atoms with Crippen LogP contribution in [0, 0.1) is 5.92 Å². The van der Waals surface area contributed by atoms with Gasteiger partial charge in [0.25, 0.3) is 0 Å². The van der Waals surface area contributed by atoms with E-state index in [1.54, 1.807) is 0 Å². The highest BCUT2D eigenvalue weighted by Crippen LogP contribution is 2.05. The van der Waals surface area contributed by atoms with Crippen LogP contribution in [0.4, 0.5) is 0 Å². The monoisotopic (exact) mass is 372 g/mol. The summed E-state index contributed by atoms with van der Waals surface area (Å²) in [6, 6.07) is 0. The minimum Gasteiger partial charge on any atom is -0.478 e. The van der Waals surface area contributed by atoms with Crippen LogP contribution in [0.25, 0.3) is 0 Å². The van der Waals surface area contributed by atoms with Crippen LogP contribution in [0.2, 0.25) is 0 Å². The summed E-state index contributed by atoms with van der Waals surface area (Å²) in [5.74, 6) is -4.37. The summed E-state index contributed by atoms with van der Waals surface area (Å²) in [5, 5.41) is 31.2. The number of carboxylic acid groups (broad SMARTS) is 4. The average Bonchev–Trinajstić information content (AvgIpc) is 2.54. The van der Waals surface area contributed by atoms with Crippen molar-refractivity contribution in [2.75, 3.05) is 0 Å². The summed E-state index contributed by atoms with van der Waals surface area (Å²) < 4.78 is 0. The van der Waals surface area contributed by atoms with Gasteiger partial charge >= 0.3 is 23.9 Å². The smallest absolute Gasteiger partial charge is 0.338 e. The van der Waals surface area contributed by atoms with Crippen molar-refractivity contribution in [1.29, 1.82) is 0 Å². The van der Waals surface area contributed by atoms with Crippen molar-refractivity contribution < 1.29 is 44.4 Å². The fourth-order valence-corrected chi connectivity index (χ4v) is 0.613. The second kappa shape index (κ2) is 19.6. The number of carbonyl (C=O) groups excluding carboxylic acids is 1. The second-order valence-electron chi connectivity index (χ2n) is 4.43. The Morgan fingerprint density at radius 3 is 1.12 bits per heavy atom. The molecule has 4 N–H and O–H groups in total. The van der Waals surface area contributed by atoms with Crippen LogP contribution < -0.4 is 0 Å². The van der Waals surface area contributed by atoms with Crippen LogP contribution in [-0.2, 0) is 24.0 Å². The van der Waals surface area contributed by atoms with E-state index in [1.165, 1.54) is 0 Å². The maximum absolute atomic E-state index is 10.9. The number of hydrogen-bond acceptors (Lipinski definition) is 5. The summed E-state index contributed by atoms with van der Waals surface area (Å²) in [6.07, 6.45) is 2.76. The molecule has 0 amide bonds. The molecule has 0 saturated heterocycles. The fraction of sp³-hybridized carbons (Fsp3) is 0.235. The molecule has 0 rings (SSSR count). The van der Waals surface area contributed by atoms with Crippen LogP contribution in [0.1, 0.15) is 20.3 Å². The van der Waals surface area contributed by atoms with Crippen molar-refractivity contribution >= 4 is 29.7 Å². The van der Waals surface area contributed by atoms with Gasteiger partial charge < -0.3 is 20.4 Å². The highest BCUT2D eigenvalue weighted by molar-refractivity contribution is 6.15. The Balaban J connectivity index is -0.000000136. The first-order valence-electron chi connectivity index (χ1n) is 6.78. The Morgan fingerprint density at radius 1 is 0.769 bits per heavy atom. The molecule has 0 fully saturated rings. The standard InChI is InChI=1S/C8H12O3.3C3H4O2/c1-5(2)4-7(9)6(3)8(10)11;3*1-2-3(4)5/h5H,3-4H2,1-2H3,(H,10,11);3*2H,1H2,(H,4,5). The van der Waals surface area contributed by atoms with E-state index in [2.05, 4.69) is 26.3 Å². The zero-order chi connectivity index (χ0) is 21.9. The van der Waals surface area contributed by atoms with E-state index in [0.717, 1.165) is 18.2 Å². The Bertz CT molecular complexity index is 500. The minimum atomic E-state index is -1.23. The van der Waals surface area contributed by atoms with E-state index in [-0.39, 0.29) is 23.7 Å². The van der Waals surface area contributed by atoms with Gasteiger partial charge in [-0.05, 0) is 5.92 Å². The molecule has 0 aromatic rings. The molecule has 9 nitrogen and oxygen atoms in total. The highest BCUT2D eigenvalue weighted by Gasteiger charge is 2.14. The first-order valence-corrected chi connectivity index (χ1v) is 6.78. The number of ketones is 1. The van der Waals surface area contributed by atoms with Crippen LogP contribution in [0.3, 0.4) is 0 Å². The zero-order valence-corrected chi connectivity index (χ0v) is 14.7. The van der Waals surface area contributed by atoms with Gasteiger partial charge in [-0.3, -0.25) is 4.79 Å². The van der Waals surface area contributed by atoms with Crippen molar-refractivity contribution in [3.8, 4) is 0 Å². The molecular formula is C17H24O9. The molecule has 26 heavy (non-hydrogen) atoms. The van der Waals surface area contributed by atoms with Crippen molar-refractivity contribution in [2.24, 2.45) is 5.92 Å². The second-order valence-corrected chi connectivity index (χ2v) is 4.43. The molecule has 0 spiro atoms. The number of aliphatic carboxylic acids is 4. The Morgan fingerprint density at radius 2 is 1.00 bits per heavy atom. The largest absolute Gasteiger partial charge is 0.478 e. The molecule has 0 aliphatic heterocycles. The highest BCUT2D eigenvalue weighted by atomic mass is 16.4. The summed E-state index contributed by atoms with van der Waals surface area (Å²) in [7, 11) is 0. The molecule has 0 bridgehead atoms. The van der Waals surface area contributed by atoms with Crippen LogP contribution >= 0.6 is 0 Å². The van der Waals surface area contributed by atoms with Gasteiger partial charge in [0.15, 0.2) is 5.78 Å². The van der Waals surface area contributed by atoms with Gasteiger partial charge in [0, 0.05) is 24.6 Å². The quantitative estimate of drug-likeness (QED) is 0.297. The molecule has 0 radical (unpaired) electrons. The molecular weight excluding hydrogens is 348 g/mol. The molecule has 0 atom stereocenters. The van der Waals surface area contributed by atoms with E-state index >= 15 is 0 Å². The van der Waals surface area contributed by atoms with Crippen molar-refractivity contribution in [3.05, 3.63) is 50.1 Å². The molecule has 0 unspecified atom stereocenters. The molecule has 9 heteroatoms. The lowest BCUT2D eigenvalue weighted by Crippen LogP contribution is -2.12. The first kappa shape index (κ1) is 30.4. The van der Waals surface area contributed by atoms with Crippen molar-refractivity contribution in [3.63, 3.8) is 0 Å². The lowest BCUT2D eigenvalue weighted by atomic mass is 10.0. The fourth-order valence-electron chi connectivity index (χ4n) is 0.613. The van der Waals surface area contributed by atoms with E-state index in [4.69, 9.17) is 20.4 Å². The summed E-state index contributed by atoms with van der Waals surface area (Å²) >= 11 is 0. The Kier molecular flexibility index (Phi) is 22.9.